The van der Waals surface area contributed by atoms with Crippen molar-refractivity contribution in [1.29, 1.82) is 0 Å². The number of hydrogen-bond acceptors (Lipinski definition) is 3. The summed E-state index contributed by atoms with van der Waals surface area (Å²) < 4.78 is 0. The van der Waals surface area contributed by atoms with Gasteiger partial charge >= 0.3 is 0 Å². The van der Waals surface area contributed by atoms with Crippen molar-refractivity contribution >= 4 is 5.91 Å². The number of amides is 1. The van der Waals surface area contributed by atoms with Gasteiger partial charge in [-0.15, -0.1) is 0 Å². The molecule has 0 aromatic rings. The number of likely N-dealkylation sites (N-methyl/N-ethyl adjacent to an activating group) is 1. The van der Waals surface area contributed by atoms with Crippen molar-refractivity contribution < 1.29 is 4.79 Å². The van der Waals surface area contributed by atoms with Gasteiger partial charge in [-0.3, -0.25) is 4.79 Å². The minimum Gasteiger partial charge on any atom is -0.355 e. The highest BCUT2D eigenvalue weighted by atomic mass is 16.1. The van der Waals surface area contributed by atoms with Gasteiger partial charge in [-0.25, -0.2) is 0 Å². The molecule has 1 amide bonds. The van der Waals surface area contributed by atoms with Crippen molar-refractivity contribution in [2.45, 2.75) is 32.7 Å². The van der Waals surface area contributed by atoms with Crippen LogP contribution >= 0.6 is 0 Å². The van der Waals surface area contributed by atoms with Crippen molar-refractivity contribution in [3.8, 4) is 0 Å². The second-order valence-corrected chi connectivity index (χ2v) is 4.82. The zero-order chi connectivity index (χ0) is 12.0. The molecule has 0 saturated carbocycles. The third-order valence-electron chi connectivity index (χ3n) is 3.47. The molecule has 16 heavy (non-hydrogen) atoms. The summed E-state index contributed by atoms with van der Waals surface area (Å²) >= 11 is 0. The van der Waals surface area contributed by atoms with Crippen LogP contribution in [0.5, 0.6) is 0 Å². The van der Waals surface area contributed by atoms with Crippen LogP contribution < -0.4 is 10.6 Å². The quantitative estimate of drug-likeness (QED) is 0.663. The molecule has 94 valence electrons. The Kier molecular flexibility index (Phi) is 5.77. The van der Waals surface area contributed by atoms with Crippen molar-refractivity contribution in [2.75, 3.05) is 33.2 Å². The van der Waals surface area contributed by atoms with Crippen LogP contribution in [0, 0.1) is 5.92 Å². The Bertz CT molecular complexity index is 216. The maximum absolute atomic E-state index is 11.5. The fraction of sp³-hybridized carbons (Fsp3) is 0.917. The number of rotatable bonds is 7. The van der Waals surface area contributed by atoms with Gasteiger partial charge in [0.05, 0.1) is 0 Å². The number of nitrogens with zero attached hydrogens (tertiary/aromatic N) is 1. The maximum Gasteiger partial charge on any atom is 0.220 e. The topological polar surface area (TPSA) is 44.4 Å². The van der Waals surface area contributed by atoms with E-state index in [1.807, 2.05) is 0 Å². The fourth-order valence-electron chi connectivity index (χ4n) is 1.73. The van der Waals surface area contributed by atoms with Gasteiger partial charge in [0.2, 0.25) is 5.91 Å². The van der Waals surface area contributed by atoms with E-state index >= 15 is 0 Å². The number of carbonyl (C=O) groups excluding carboxylic acids is 1. The molecule has 4 nitrogen and oxygen atoms in total. The number of nitrogens with one attached hydrogen (secondary N) is 2. The second-order valence-electron chi connectivity index (χ2n) is 4.82. The van der Waals surface area contributed by atoms with Gasteiger partial charge in [0, 0.05) is 25.6 Å². The Hall–Kier alpha value is -0.610. The minimum atomic E-state index is 0.198. The van der Waals surface area contributed by atoms with E-state index in [-0.39, 0.29) is 5.91 Å². The summed E-state index contributed by atoms with van der Waals surface area (Å²) in [5.74, 6) is 0.761. The van der Waals surface area contributed by atoms with Crippen LogP contribution in [0.3, 0.4) is 0 Å². The van der Waals surface area contributed by atoms with Gasteiger partial charge < -0.3 is 15.5 Å². The molecule has 1 aliphatic heterocycles. The Balaban J connectivity index is 2.02. The predicted molar refractivity (Wildman–Crippen MR) is 66.4 cm³/mol. The fourth-order valence-corrected chi connectivity index (χ4v) is 1.73. The van der Waals surface area contributed by atoms with Crippen LogP contribution in [0.4, 0.5) is 0 Å². The molecule has 4 heteroatoms. The summed E-state index contributed by atoms with van der Waals surface area (Å²) in [5.41, 5.74) is 0. The molecule has 1 heterocycles. The molecule has 1 rings (SSSR count). The molecule has 0 aromatic heterocycles. The Labute approximate surface area is 98.8 Å². The molecular weight excluding hydrogens is 202 g/mol. The van der Waals surface area contributed by atoms with E-state index < -0.39 is 0 Å². The largest absolute Gasteiger partial charge is 0.355 e. The van der Waals surface area contributed by atoms with Gasteiger partial charge in [0.1, 0.15) is 0 Å². The van der Waals surface area contributed by atoms with Crippen molar-refractivity contribution in [2.24, 2.45) is 5.92 Å². The van der Waals surface area contributed by atoms with E-state index in [1.54, 1.807) is 0 Å². The van der Waals surface area contributed by atoms with E-state index in [4.69, 9.17) is 0 Å². The van der Waals surface area contributed by atoms with Gasteiger partial charge in [0.25, 0.3) is 0 Å². The summed E-state index contributed by atoms with van der Waals surface area (Å²) in [6, 6.07) is 0.590. The average molecular weight is 227 g/mol. The molecular formula is C12H25N3O. The van der Waals surface area contributed by atoms with Crippen LogP contribution in [0.2, 0.25) is 0 Å². The summed E-state index contributed by atoms with van der Waals surface area (Å²) in [4.78, 5) is 13.8. The molecule has 0 radical (unpaired) electrons. The predicted octanol–water partition coefficient (Wildman–Crippen LogP) is 0.442. The van der Waals surface area contributed by atoms with Gasteiger partial charge in [0.15, 0.2) is 0 Å². The zero-order valence-corrected chi connectivity index (χ0v) is 10.8. The van der Waals surface area contributed by atoms with E-state index in [0.717, 1.165) is 32.6 Å². The first-order valence-corrected chi connectivity index (χ1v) is 6.31. The first-order valence-electron chi connectivity index (χ1n) is 6.31. The van der Waals surface area contributed by atoms with Gasteiger partial charge in [-0.05, 0) is 39.4 Å². The smallest absolute Gasteiger partial charge is 0.220 e. The number of carbonyl (C=O) groups is 1. The van der Waals surface area contributed by atoms with Gasteiger partial charge in [-0.1, -0.05) is 6.92 Å². The second kappa shape index (κ2) is 6.86. The van der Waals surface area contributed by atoms with Crippen molar-refractivity contribution in [3.05, 3.63) is 0 Å². The van der Waals surface area contributed by atoms with Crippen LogP contribution in [-0.4, -0.2) is 50.1 Å². The first-order chi connectivity index (χ1) is 7.63. The molecule has 1 atom stereocenters. The average Bonchev–Trinajstić information content (AvgIpc) is 2.22. The van der Waals surface area contributed by atoms with Crippen LogP contribution in [-0.2, 0) is 4.79 Å². The maximum atomic E-state index is 11.5. The van der Waals surface area contributed by atoms with Crippen molar-refractivity contribution in [3.63, 3.8) is 0 Å². The molecule has 0 spiro atoms. The Morgan fingerprint density at radius 3 is 2.75 bits per heavy atom. The molecule has 0 bridgehead atoms. The summed E-state index contributed by atoms with van der Waals surface area (Å²) in [7, 11) is 2.11. The highest BCUT2D eigenvalue weighted by Crippen LogP contribution is 2.07. The highest BCUT2D eigenvalue weighted by molar-refractivity contribution is 5.76. The third kappa shape index (κ3) is 4.49. The lowest BCUT2D eigenvalue weighted by Crippen LogP contribution is -2.45. The minimum absolute atomic E-state index is 0.198. The standard InChI is InChI=1S/C12H25N3O/c1-4-10(2)15(3)6-5-14-12(16)7-11-8-13-9-11/h10-11,13H,4-9H2,1-3H3,(H,14,16). The lowest BCUT2D eigenvalue weighted by Gasteiger charge is -2.27. The van der Waals surface area contributed by atoms with E-state index in [2.05, 4.69) is 36.4 Å². The lowest BCUT2D eigenvalue weighted by molar-refractivity contribution is -0.122. The first kappa shape index (κ1) is 13.5. The van der Waals surface area contributed by atoms with Crippen molar-refractivity contribution in [1.82, 2.24) is 15.5 Å². The lowest BCUT2D eigenvalue weighted by atomic mass is 9.99. The Morgan fingerprint density at radius 1 is 1.56 bits per heavy atom. The molecule has 1 fully saturated rings. The van der Waals surface area contributed by atoms with E-state index in [0.29, 0.717) is 18.4 Å². The normalized spacial score (nSPS) is 18.2. The Morgan fingerprint density at radius 2 is 2.25 bits per heavy atom. The summed E-state index contributed by atoms with van der Waals surface area (Å²) in [6.45, 7) is 8.09. The molecule has 0 aromatic carbocycles. The third-order valence-corrected chi connectivity index (χ3v) is 3.47. The molecule has 1 aliphatic rings. The summed E-state index contributed by atoms with van der Waals surface area (Å²) in [5, 5.41) is 6.16. The SMILES string of the molecule is CCC(C)N(C)CCNC(=O)CC1CNC1. The molecule has 2 N–H and O–H groups in total. The van der Waals surface area contributed by atoms with Crippen LogP contribution in [0.25, 0.3) is 0 Å². The molecule has 1 saturated heterocycles. The van der Waals surface area contributed by atoms with Crippen LogP contribution in [0.1, 0.15) is 26.7 Å². The molecule has 0 aliphatic carbocycles. The number of hydrogen-bond donors (Lipinski definition) is 2. The monoisotopic (exact) mass is 227 g/mol. The summed E-state index contributed by atoms with van der Waals surface area (Å²) in [6.07, 6.45) is 1.83. The zero-order valence-electron chi connectivity index (χ0n) is 10.8. The van der Waals surface area contributed by atoms with E-state index in [9.17, 15) is 4.79 Å². The van der Waals surface area contributed by atoms with Crippen LogP contribution in [0.15, 0.2) is 0 Å². The highest BCUT2D eigenvalue weighted by Gasteiger charge is 2.19. The van der Waals surface area contributed by atoms with E-state index in [1.165, 1.54) is 0 Å². The van der Waals surface area contributed by atoms with Gasteiger partial charge in [-0.2, -0.15) is 0 Å². The molecule has 1 unspecified atom stereocenters.